The molecule has 1 aliphatic rings. The molecule has 0 aromatic carbocycles. The van der Waals surface area contributed by atoms with Crippen LogP contribution in [0, 0.1) is 0 Å². The lowest BCUT2D eigenvalue weighted by Crippen LogP contribution is -2.51. The molecule has 1 amide bonds. The summed E-state index contributed by atoms with van der Waals surface area (Å²) in [6, 6.07) is -0.723. The molecular formula is C13H23NO7. The molecule has 8 heteroatoms. The topological polar surface area (TPSA) is 103 Å². The number of aliphatic hydroxyl groups is 1. The van der Waals surface area contributed by atoms with Crippen LogP contribution in [0.5, 0.6) is 0 Å². The van der Waals surface area contributed by atoms with Crippen molar-refractivity contribution in [1.29, 1.82) is 0 Å². The summed E-state index contributed by atoms with van der Waals surface area (Å²) >= 11 is 0. The van der Waals surface area contributed by atoms with Crippen molar-refractivity contribution in [2.24, 2.45) is 0 Å². The Morgan fingerprint density at radius 2 is 1.90 bits per heavy atom. The number of carbonyl (C=O) groups excluding carboxylic acids is 2. The van der Waals surface area contributed by atoms with Gasteiger partial charge in [-0.2, -0.15) is 0 Å². The highest BCUT2D eigenvalue weighted by Gasteiger charge is 2.49. The van der Waals surface area contributed by atoms with Crippen molar-refractivity contribution >= 4 is 12.1 Å². The average Bonchev–Trinajstić information content (AvgIpc) is 2.73. The maximum Gasteiger partial charge on any atom is 0.408 e. The van der Waals surface area contributed by atoms with E-state index >= 15 is 0 Å². The minimum absolute atomic E-state index is 0.381. The number of esters is 1. The first-order valence-electron chi connectivity index (χ1n) is 6.60. The number of ether oxygens (including phenoxy) is 4. The number of nitrogens with one attached hydrogen (secondary N) is 1. The Hall–Kier alpha value is -1.38. The van der Waals surface area contributed by atoms with Gasteiger partial charge in [0.1, 0.15) is 17.8 Å². The molecular weight excluding hydrogens is 282 g/mol. The molecule has 4 atom stereocenters. The SMILES string of the molecule is COC(=O)[C@@H]1O[C@H](CO)[C@@H](NC(=O)OC(C)(C)C)[C@H]1OC. The van der Waals surface area contributed by atoms with Crippen LogP contribution < -0.4 is 5.32 Å². The van der Waals surface area contributed by atoms with Crippen molar-refractivity contribution in [2.75, 3.05) is 20.8 Å². The summed E-state index contributed by atoms with van der Waals surface area (Å²) < 4.78 is 20.4. The van der Waals surface area contributed by atoms with E-state index < -0.39 is 42.0 Å². The number of hydrogen-bond donors (Lipinski definition) is 2. The smallest absolute Gasteiger partial charge is 0.408 e. The predicted molar refractivity (Wildman–Crippen MR) is 71.7 cm³/mol. The summed E-state index contributed by atoms with van der Waals surface area (Å²) in [7, 11) is 2.61. The third-order valence-corrected chi connectivity index (χ3v) is 2.94. The maximum atomic E-state index is 11.8. The fraction of sp³-hybridized carbons (Fsp3) is 0.846. The molecule has 21 heavy (non-hydrogen) atoms. The maximum absolute atomic E-state index is 11.8. The van der Waals surface area contributed by atoms with E-state index in [2.05, 4.69) is 10.1 Å². The molecule has 1 aliphatic heterocycles. The van der Waals surface area contributed by atoms with Crippen LogP contribution in [-0.2, 0) is 23.7 Å². The molecule has 0 spiro atoms. The highest BCUT2D eigenvalue weighted by atomic mass is 16.6. The summed E-state index contributed by atoms with van der Waals surface area (Å²) in [5, 5.41) is 11.9. The minimum atomic E-state index is -1.02. The van der Waals surface area contributed by atoms with Gasteiger partial charge in [-0.1, -0.05) is 0 Å². The third-order valence-electron chi connectivity index (χ3n) is 2.94. The highest BCUT2D eigenvalue weighted by Crippen LogP contribution is 2.25. The molecule has 1 heterocycles. The number of carbonyl (C=O) groups is 2. The molecule has 0 unspecified atom stereocenters. The van der Waals surface area contributed by atoms with Crippen LogP contribution in [0.3, 0.4) is 0 Å². The normalized spacial score (nSPS) is 29.0. The van der Waals surface area contributed by atoms with Crippen LogP contribution >= 0.6 is 0 Å². The second-order valence-corrected chi connectivity index (χ2v) is 5.67. The second-order valence-electron chi connectivity index (χ2n) is 5.67. The minimum Gasteiger partial charge on any atom is -0.467 e. The van der Waals surface area contributed by atoms with Crippen LogP contribution in [0.15, 0.2) is 0 Å². The van der Waals surface area contributed by atoms with Gasteiger partial charge in [0.15, 0.2) is 6.10 Å². The van der Waals surface area contributed by atoms with Crippen molar-refractivity contribution in [3.63, 3.8) is 0 Å². The molecule has 0 aromatic rings. The van der Waals surface area contributed by atoms with Gasteiger partial charge in [0.05, 0.1) is 19.8 Å². The van der Waals surface area contributed by atoms with E-state index in [4.69, 9.17) is 14.2 Å². The lowest BCUT2D eigenvalue weighted by Gasteiger charge is -2.25. The number of aliphatic hydroxyl groups excluding tert-OH is 1. The van der Waals surface area contributed by atoms with Crippen LogP contribution in [0.25, 0.3) is 0 Å². The second kappa shape index (κ2) is 7.06. The van der Waals surface area contributed by atoms with Crippen LogP contribution in [-0.4, -0.2) is 68.0 Å². The summed E-state index contributed by atoms with van der Waals surface area (Å²) in [6.07, 6.45) is -3.26. The Balaban J connectivity index is 2.81. The van der Waals surface area contributed by atoms with Gasteiger partial charge in [-0.25, -0.2) is 9.59 Å². The van der Waals surface area contributed by atoms with E-state index in [1.54, 1.807) is 20.8 Å². The van der Waals surface area contributed by atoms with Crippen molar-refractivity contribution in [1.82, 2.24) is 5.32 Å². The van der Waals surface area contributed by atoms with E-state index in [9.17, 15) is 14.7 Å². The molecule has 1 rings (SSSR count). The Bertz CT molecular complexity index is 379. The lowest BCUT2D eigenvalue weighted by molar-refractivity contribution is -0.158. The highest BCUT2D eigenvalue weighted by molar-refractivity contribution is 5.76. The number of hydrogen-bond acceptors (Lipinski definition) is 7. The van der Waals surface area contributed by atoms with Crippen molar-refractivity contribution in [2.45, 2.75) is 50.7 Å². The monoisotopic (exact) mass is 305 g/mol. The van der Waals surface area contributed by atoms with Gasteiger partial charge in [-0.05, 0) is 20.8 Å². The zero-order chi connectivity index (χ0) is 16.2. The molecule has 0 aromatic heterocycles. The van der Waals surface area contributed by atoms with Gasteiger partial charge < -0.3 is 29.4 Å². The largest absolute Gasteiger partial charge is 0.467 e. The molecule has 0 radical (unpaired) electrons. The predicted octanol–water partition coefficient (Wildman–Crippen LogP) is -0.173. The van der Waals surface area contributed by atoms with Crippen LogP contribution in [0.1, 0.15) is 20.8 Å². The Morgan fingerprint density at radius 1 is 1.29 bits per heavy atom. The zero-order valence-corrected chi connectivity index (χ0v) is 12.9. The first kappa shape index (κ1) is 17.7. The molecule has 8 nitrogen and oxygen atoms in total. The first-order valence-corrected chi connectivity index (χ1v) is 6.60. The summed E-state index contributed by atoms with van der Waals surface area (Å²) in [5.41, 5.74) is -0.664. The third kappa shape index (κ3) is 4.55. The number of rotatable bonds is 4. The fourth-order valence-electron chi connectivity index (χ4n) is 2.10. The molecule has 0 aliphatic carbocycles. The van der Waals surface area contributed by atoms with Gasteiger partial charge in [-0.15, -0.1) is 0 Å². The summed E-state index contributed by atoms with van der Waals surface area (Å²) in [5.74, 6) is -0.631. The fourth-order valence-corrected chi connectivity index (χ4v) is 2.10. The van der Waals surface area contributed by atoms with Crippen LogP contribution in [0.4, 0.5) is 4.79 Å². The van der Waals surface area contributed by atoms with E-state index in [-0.39, 0.29) is 6.61 Å². The van der Waals surface area contributed by atoms with E-state index in [1.807, 2.05) is 0 Å². The molecule has 2 N–H and O–H groups in total. The Morgan fingerprint density at radius 3 is 2.33 bits per heavy atom. The number of amides is 1. The average molecular weight is 305 g/mol. The van der Waals surface area contributed by atoms with Gasteiger partial charge in [0, 0.05) is 7.11 Å². The molecule has 122 valence electrons. The Labute approximate surface area is 123 Å². The summed E-state index contributed by atoms with van der Waals surface area (Å²) in [6.45, 7) is 4.80. The number of alkyl carbamates (subject to hydrolysis) is 1. The van der Waals surface area contributed by atoms with Crippen molar-refractivity contribution < 1.29 is 33.6 Å². The Kier molecular flexibility index (Phi) is 5.94. The standard InChI is InChI=1S/C13H23NO7/c1-13(2,3)21-12(17)14-8-7(6-15)20-10(9(8)18-4)11(16)19-5/h7-10,15H,6H2,1-5H3,(H,14,17)/t7-,8-,9-,10-/m1/s1. The summed E-state index contributed by atoms with van der Waals surface area (Å²) in [4.78, 5) is 23.5. The molecule has 1 fully saturated rings. The first-order chi connectivity index (χ1) is 9.73. The van der Waals surface area contributed by atoms with E-state index in [0.29, 0.717) is 0 Å². The van der Waals surface area contributed by atoms with Gasteiger partial charge in [0.25, 0.3) is 0 Å². The molecule has 0 bridgehead atoms. The van der Waals surface area contributed by atoms with E-state index in [1.165, 1.54) is 14.2 Å². The van der Waals surface area contributed by atoms with Crippen molar-refractivity contribution in [3.8, 4) is 0 Å². The van der Waals surface area contributed by atoms with Crippen molar-refractivity contribution in [3.05, 3.63) is 0 Å². The van der Waals surface area contributed by atoms with E-state index in [0.717, 1.165) is 0 Å². The van der Waals surface area contributed by atoms with Crippen LogP contribution in [0.2, 0.25) is 0 Å². The lowest BCUT2D eigenvalue weighted by atomic mass is 10.0. The molecule has 1 saturated heterocycles. The molecule has 0 saturated carbocycles. The number of methoxy groups -OCH3 is 2. The van der Waals surface area contributed by atoms with Gasteiger partial charge >= 0.3 is 12.1 Å². The quantitative estimate of drug-likeness (QED) is 0.695. The van der Waals surface area contributed by atoms with Gasteiger partial charge in [-0.3, -0.25) is 0 Å². The zero-order valence-electron chi connectivity index (χ0n) is 12.9. The van der Waals surface area contributed by atoms with Gasteiger partial charge in [0.2, 0.25) is 0 Å².